The Kier molecular flexibility index (Phi) is 4.66. The Morgan fingerprint density at radius 1 is 1.35 bits per heavy atom. The molecule has 1 amide bonds. The fourth-order valence-electron chi connectivity index (χ4n) is 2.58. The molecule has 7 heteroatoms. The molecule has 1 saturated heterocycles. The molecule has 0 aromatic carbocycles. The lowest BCUT2D eigenvalue weighted by Gasteiger charge is -2.36. The van der Waals surface area contributed by atoms with Crippen molar-refractivity contribution in [2.75, 3.05) is 13.2 Å². The Balaban J connectivity index is 1.58. The van der Waals surface area contributed by atoms with Crippen molar-refractivity contribution >= 4 is 5.91 Å². The first-order valence-electron chi connectivity index (χ1n) is 7.77. The number of aryl methyl sites for hydroxylation is 1. The Morgan fingerprint density at radius 2 is 2.13 bits per heavy atom. The van der Waals surface area contributed by atoms with Crippen LogP contribution in [0.1, 0.15) is 26.2 Å². The van der Waals surface area contributed by atoms with E-state index < -0.39 is 0 Å². The molecular formula is C16H20N4O3. The van der Waals surface area contributed by atoms with Gasteiger partial charge in [0.2, 0.25) is 17.6 Å². The first-order valence-corrected chi connectivity index (χ1v) is 7.77. The molecule has 3 heterocycles. The van der Waals surface area contributed by atoms with Crippen molar-refractivity contribution in [3.63, 3.8) is 0 Å². The van der Waals surface area contributed by atoms with Crippen molar-refractivity contribution in [3.8, 4) is 11.4 Å². The Labute approximate surface area is 134 Å². The number of hydrogen-bond acceptors (Lipinski definition) is 6. The van der Waals surface area contributed by atoms with Gasteiger partial charge < -0.3 is 14.2 Å². The number of carbonyl (C=O) groups excluding carboxylic acids is 1. The van der Waals surface area contributed by atoms with Crippen LogP contribution >= 0.6 is 0 Å². The highest BCUT2D eigenvalue weighted by molar-refractivity contribution is 5.76. The van der Waals surface area contributed by atoms with Gasteiger partial charge in [0.25, 0.3) is 0 Å². The summed E-state index contributed by atoms with van der Waals surface area (Å²) in [6.07, 6.45) is 4.23. The Morgan fingerprint density at radius 3 is 2.91 bits per heavy atom. The highest BCUT2D eigenvalue weighted by atomic mass is 16.5. The molecule has 122 valence electrons. The molecule has 3 rings (SSSR count). The van der Waals surface area contributed by atoms with Gasteiger partial charge in [0.1, 0.15) is 0 Å². The summed E-state index contributed by atoms with van der Waals surface area (Å²) < 4.78 is 10.8. The minimum absolute atomic E-state index is 0.0804. The number of ether oxygens (including phenoxy) is 1. The van der Waals surface area contributed by atoms with E-state index in [2.05, 4.69) is 15.1 Å². The van der Waals surface area contributed by atoms with Gasteiger partial charge in [0, 0.05) is 37.3 Å². The van der Waals surface area contributed by atoms with Crippen LogP contribution in [-0.2, 0) is 16.0 Å². The average Bonchev–Trinajstić information content (AvgIpc) is 3.05. The molecule has 2 aromatic rings. The maximum absolute atomic E-state index is 12.4. The number of amides is 1. The predicted molar refractivity (Wildman–Crippen MR) is 82.4 cm³/mol. The highest BCUT2D eigenvalue weighted by Crippen LogP contribution is 2.16. The van der Waals surface area contributed by atoms with E-state index in [1.54, 1.807) is 12.4 Å². The largest absolute Gasteiger partial charge is 0.375 e. The number of carbonyl (C=O) groups is 1. The minimum Gasteiger partial charge on any atom is -0.375 e. The fraction of sp³-hybridized carbons (Fsp3) is 0.500. The Hall–Kier alpha value is -2.28. The molecule has 0 saturated carbocycles. The zero-order chi connectivity index (χ0) is 16.2. The van der Waals surface area contributed by atoms with E-state index in [1.807, 2.05) is 30.9 Å². The van der Waals surface area contributed by atoms with Gasteiger partial charge in [0.05, 0.1) is 18.8 Å². The fourth-order valence-corrected chi connectivity index (χ4v) is 2.58. The summed E-state index contributed by atoms with van der Waals surface area (Å²) in [4.78, 5) is 22.5. The van der Waals surface area contributed by atoms with E-state index in [0.29, 0.717) is 37.7 Å². The lowest BCUT2D eigenvalue weighted by Crippen LogP contribution is -2.50. The van der Waals surface area contributed by atoms with Crippen molar-refractivity contribution in [2.45, 2.75) is 38.8 Å². The van der Waals surface area contributed by atoms with Crippen molar-refractivity contribution in [2.24, 2.45) is 0 Å². The summed E-state index contributed by atoms with van der Waals surface area (Å²) in [5, 5.41) is 3.95. The maximum Gasteiger partial charge on any atom is 0.227 e. The monoisotopic (exact) mass is 316 g/mol. The second-order valence-corrected chi connectivity index (χ2v) is 5.79. The topological polar surface area (TPSA) is 81.4 Å². The normalized spacial score (nSPS) is 21.4. The smallest absolute Gasteiger partial charge is 0.227 e. The highest BCUT2D eigenvalue weighted by Gasteiger charge is 2.27. The molecule has 0 N–H and O–H groups in total. The van der Waals surface area contributed by atoms with Gasteiger partial charge in [-0.2, -0.15) is 4.98 Å². The molecule has 1 fully saturated rings. The van der Waals surface area contributed by atoms with Crippen LogP contribution < -0.4 is 0 Å². The number of morpholine rings is 1. The van der Waals surface area contributed by atoms with Crippen LogP contribution in [0, 0.1) is 0 Å². The third kappa shape index (κ3) is 3.73. The molecule has 0 bridgehead atoms. The predicted octanol–water partition coefficient (Wildman–Crippen LogP) is 1.70. The number of pyridine rings is 1. The molecular weight excluding hydrogens is 296 g/mol. The average molecular weight is 316 g/mol. The maximum atomic E-state index is 12.4. The molecule has 2 atom stereocenters. The third-order valence-electron chi connectivity index (χ3n) is 3.89. The number of nitrogens with zero attached hydrogens (tertiary/aromatic N) is 4. The van der Waals surface area contributed by atoms with Gasteiger partial charge in [0.15, 0.2) is 0 Å². The molecule has 7 nitrogen and oxygen atoms in total. The van der Waals surface area contributed by atoms with E-state index in [9.17, 15) is 4.79 Å². The SMILES string of the molecule is C[C@H]1CN(C(=O)CCc2nc(-c3ccncc3)no2)[C@@H](C)CO1. The standard InChI is InChI=1S/C16H20N4O3/c1-11-10-22-12(2)9-20(11)15(21)4-3-14-18-16(19-23-14)13-5-7-17-8-6-13/h5-8,11-12H,3-4,9-10H2,1-2H3/t11-,12-/m0/s1. The molecule has 0 aliphatic carbocycles. The molecule has 0 unspecified atom stereocenters. The Bertz CT molecular complexity index is 658. The quantitative estimate of drug-likeness (QED) is 0.854. The van der Waals surface area contributed by atoms with Gasteiger partial charge in [-0.05, 0) is 26.0 Å². The van der Waals surface area contributed by atoms with Crippen LogP contribution in [-0.4, -0.2) is 51.2 Å². The van der Waals surface area contributed by atoms with Gasteiger partial charge in [-0.1, -0.05) is 5.16 Å². The van der Waals surface area contributed by atoms with Crippen molar-refractivity contribution in [3.05, 3.63) is 30.4 Å². The van der Waals surface area contributed by atoms with Gasteiger partial charge in [-0.3, -0.25) is 9.78 Å². The summed E-state index contributed by atoms with van der Waals surface area (Å²) in [5.41, 5.74) is 0.844. The van der Waals surface area contributed by atoms with Crippen LogP contribution in [0.4, 0.5) is 0 Å². The summed E-state index contributed by atoms with van der Waals surface area (Å²) in [7, 11) is 0. The molecule has 23 heavy (non-hydrogen) atoms. The van der Waals surface area contributed by atoms with Crippen molar-refractivity contribution in [1.82, 2.24) is 20.0 Å². The summed E-state index contributed by atoms with van der Waals surface area (Å²) in [6, 6.07) is 3.74. The molecule has 1 aliphatic heterocycles. The van der Waals surface area contributed by atoms with E-state index in [1.165, 1.54) is 0 Å². The molecule has 0 spiro atoms. The first kappa shape index (κ1) is 15.6. The van der Waals surface area contributed by atoms with E-state index in [4.69, 9.17) is 9.26 Å². The number of rotatable bonds is 4. The number of aromatic nitrogens is 3. The van der Waals surface area contributed by atoms with E-state index in [0.717, 1.165) is 5.56 Å². The van der Waals surface area contributed by atoms with Crippen LogP contribution in [0.5, 0.6) is 0 Å². The second kappa shape index (κ2) is 6.87. The van der Waals surface area contributed by atoms with Crippen molar-refractivity contribution < 1.29 is 14.1 Å². The van der Waals surface area contributed by atoms with E-state index in [-0.39, 0.29) is 18.1 Å². The molecule has 1 aliphatic rings. The molecule has 0 radical (unpaired) electrons. The van der Waals surface area contributed by atoms with Crippen LogP contribution in [0.2, 0.25) is 0 Å². The number of hydrogen-bond donors (Lipinski definition) is 0. The van der Waals surface area contributed by atoms with Crippen LogP contribution in [0.25, 0.3) is 11.4 Å². The first-order chi connectivity index (χ1) is 11.1. The van der Waals surface area contributed by atoms with Gasteiger partial charge >= 0.3 is 0 Å². The van der Waals surface area contributed by atoms with Gasteiger partial charge in [-0.25, -0.2) is 0 Å². The lowest BCUT2D eigenvalue weighted by molar-refractivity contribution is -0.143. The van der Waals surface area contributed by atoms with Crippen molar-refractivity contribution in [1.29, 1.82) is 0 Å². The summed E-state index contributed by atoms with van der Waals surface area (Å²) >= 11 is 0. The summed E-state index contributed by atoms with van der Waals surface area (Å²) in [5.74, 6) is 1.08. The van der Waals surface area contributed by atoms with E-state index >= 15 is 0 Å². The zero-order valence-electron chi connectivity index (χ0n) is 13.3. The minimum atomic E-state index is 0.0804. The third-order valence-corrected chi connectivity index (χ3v) is 3.89. The van der Waals surface area contributed by atoms with Crippen LogP contribution in [0.3, 0.4) is 0 Å². The van der Waals surface area contributed by atoms with Gasteiger partial charge in [-0.15, -0.1) is 0 Å². The van der Waals surface area contributed by atoms with Crippen LogP contribution in [0.15, 0.2) is 29.0 Å². The molecule has 2 aromatic heterocycles. The summed E-state index contributed by atoms with van der Waals surface area (Å²) in [6.45, 7) is 5.19. The zero-order valence-corrected chi connectivity index (χ0v) is 13.3. The second-order valence-electron chi connectivity index (χ2n) is 5.79. The lowest BCUT2D eigenvalue weighted by atomic mass is 10.1.